The van der Waals surface area contributed by atoms with Gasteiger partial charge in [-0.2, -0.15) is 0 Å². The maximum Gasteiger partial charge on any atom is 0.126 e. The van der Waals surface area contributed by atoms with Gasteiger partial charge in [-0.1, -0.05) is 26.0 Å². The number of fused-ring (bicyclic) bond motifs is 1. The highest BCUT2D eigenvalue weighted by Gasteiger charge is 2.16. The largest absolute Gasteiger partial charge is 0.330 e. The zero-order chi connectivity index (χ0) is 14.7. The molecule has 0 amide bonds. The standard InChI is InChI=1S/C17H27N3/c1-12(2)10-11-13(3)18-14(4)17-19-15-8-6-7-9-16(15)20(17)5/h6-9,12-14,18H,10-11H2,1-5H3. The van der Waals surface area contributed by atoms with Crippen LogP contribution in [0.5, 0.6) is 0 Å². The third kappa shape index (κ3) is 3.40. The van der Waals surface area contributed by atoms with Crippen LogP contribution in [0.3, 0.4) is 0 Å². The molecule has 0 aliphatic carbocycles. The summed E-state index contributed by atoms with van der Waals surface area (Å²) in [6.45, 7) is 9.03. The first kappa shape index (κ1) is 15.0. The number of nitrogens with zero attached hydrogens (tertiary/aromatic N) is 2. The van der Waals surface area contributed by atoms with E-state index in [1.165, 1.54) is 18.4 Å². The molecule has 1 aromatic heterocycles. The van der Waals surface area contributed by atoms with Gasteiger partial charge in [0, 0.05) is 13.1 Å². The summed E-state index contributed by atoms with van der Waals surface area (Å²) < 4.78 is 2.20. The quantitative estimate of drug-likeness (QED) is 0.860. The van der Waals surface area contributed by atoms with E-state index in [0.717, 1.165) is 17.3 Å². The minimum Gasteiger partial charge on any atom is -0.330 e. The highest BCUT2D eigenvalue weighted by Crippen LogP contribution is 2.20. The van der Waals surface area contributed by atoms with Crippen LogP contribution in [0.25, 0.3) is 11.0 Å². The van der Waals surface area contributed by atoms with Crippen molar-refractivity contribution in [2.45, 2.75) is 52.6 Å². The van der Waals surface area contributed by atoms with Gasteiger partial charge in [-0.15, -0.1) is 0 Å². The van der Waals surface area contributed by atoms with Gasteiger partial charge in [0.25, 0.3) is 0 Å². The van der Waals surface area contributed by atoms with Crippen molar-refractivity contribution in [1.82, 2.24) is 14.9 Å². The number of aromatic nitrogens is 2. The van der Waals surface area contributed by atoms with Gasteiger partial charge in [-0.3, -0.25) is 0 Å². The molecular weight excluding hydrogens is 246 g/mol. The second-order valence-corrected chi connectivity index (χ2v) is 6.28. The number of aryl methyl sites for hydroxylation is 1. The highest BCUT2D eigenvalue weighted by molar-refractivity contribution is 5.75. The molecule has 0 radical (unpaired) electrons. The molecule has 110 valence electrons. The Bertz CT molecular complexity index is 556. The lowest BCUT2D eigenvalue weighted by molar-refractivity contribution is 0.405. The van der Waals surface area contributed by atoms with Crippen LogP contribution in [0.2, 0.25) is 0 Å². The first-order valence-electron chi connectivity index (χ1n) is 7.66. The van der Waals surface area contributed by atoms with Crippen LogP contribution >= 0.6 is 0 Å². The average molecular weight is 273 g/mol. The van der Waals surface area contributed by atoms with Gasteiger partial charge in [0.05, 0.1) is 17.1 Å². The van der Waals surface area contributed by atoms with Crippen LogP contribution in [0, 0.1) is 5.92 Å². The van der Waals surface area contributed by atoms with Gasteiger partial charge in [0.15, 0.2) is 0 Å². The number of rotatable bonds is 6. The van der Waals surface area contributed by atoms with E-state index < -0.39 is 0 Å². The summed E-state index contributed by atoms with van der Waals surface area (Å²) >= 11 is 0. The number of hydrogen-bond acceptors (Lipinski definition) is 2. The maximum absolute atomic E-state index is 4.76. The maximum atomic E-state index is 4.76. The van der Waals surface area contributed by atoms with E-state index in [-0.39, 0.29) is 6.04 Å². The van der Waals surface area contributed by atoms with Crippen LogP contribution < -0.4 is 5.32 Å². The van der Waals surface area contributed by atoms with Crippen molar-refractivity contribution in [3.05, 3.63) is 30.1 Å². The molecule has 2 atom stereocenters. The van der Waals surface area contributed by atoms with Crippen molar-refractivity contribution >= 4 is 11.0 Å². The third-order valence-electron chi connectivity index (χ3n) is 3.92. The van der Waals surface area contributed by atoms with Crippen LogP contribution in [0.1, 0.15) is 52.4 Å². The Kier molecular flexibility index (Phi) is 4.81. The minimum atomic E-state index is 0.273. The van der Waals surface area contributed by atoms with Gasteiger partial charge >= 0.3 is 0 Å². The lowest BCUT2D eigenvalue weighted by Gasteiger charge is -2.20. The summed E-state index contributed by atoms with van der Waals surface area (Å²) in [7, 11) is 2.10. The molecule has 0 aliphatic heterocycles. The van der Waals surface area contributed by atoms with Crippen LogP contribution in [-0.4, -0.2) is 15.6 Å². The Morgan fingerprint density at radius 1 is 1.10 bits per heavy atom. The van der Waals surface area contributed by atoms with Gasteiger partial charge in [-0.05, 0) is 44.7 Å². The molecule has 2 rings (SSSR count). The molecule has 0 saturated heterocycles. The molecule has 0 bridgehead atoms. The van der Waals surface area contributed by atoms with E-state index in [4.69, 9.17) is 4.98 Å². The normalized spacial score (nSPS) is 14.9. The fourth-order valence-electron chi connectivity index (χ4n) is 2.72. The summed E-state index contributed by atoms with van der Waals surface area (Å²) in [5.41, 5.74) is 2.28. The number of para-hydroxylation sites is 2. The van der Waals surface area contributed by atoms with Crippen molar-refractivity contribution in [3.63, 3.8) is 0 Å². The van der Waals surface area contributed by atoms with Gasteiger partial charge in [-0.25, -0.2) is 4.98 Å². The molecule has 1 N–H and O–H groups in total. The smallest absolute Gasteiger partial charge is 0.126 e. The lowest BCUT2D eigenvalue weighted by atomic mass is 10.0. The predicted octanol–water partition coefficient (Wildman–Crippen LogP) is 4.05. The molecule has 0 fully saturated rings. The van der Waals surface area contributed by atoms with E-state index in [2.05, 4.69) is 62.8 Å². The molecular formula is C17H27N3. The van der Waals surface area contributed by atoms with Crippen LogP contribution in [0.15, 0.2) is 24.3 Å². The predicted molar refractivity (Wildman–Crippen MR) is 85.8 cm³/mol. The molecule has 3 nitrogen and oxygen atoms in total. The molecule has 2 unspecified atom stereocenters. The molecule has 0 aliphatic rings. The number of benzene rings is 1. The van der Waals surface area contributed by atoms with Gasteiger partial charge < -0.3 is 9.88 Å². The fraction of sp³-hybridized carbons (Fsp3) is 0.588. The first-order valence-corrected chi connectivity index (χ1v) is 7.66. The molecule has 0 saturated carbocycles. The molecule has 1 aromatic carbocycles. The van der Waals surface area contributed by atoms with Crippen molar-refractivity contribution in [2.75, 3.05) is 0 Å². The Morgan fingerprint density at radius 2 is 1.80 bits per heavy atom. The second kappa shape index (κ2) is 6.40. The SMILES string of the molecule is CC(C)CCC(C)NC(C)c1nc2ccccc2n1C. The average Bonchev–Trinajstić information content (AvgIpc) is 2.74. The number of hydrogen-bond donors (Lipinski definition) is 1. The summed E-state index contributed by atoms with van der Waals surface area (Å²) in [4.78, 5) is 4.76. The Hall–Kier alpha value is -1.35. The van der Waals surface area contributed by atoms with Crippen molar-refractivity contribution in [2.24, 2.45) is 13.0 Å². The topological polar surface area (TPSA) is 29.9 Å². The van der Waals surface area contributed by atoms with Crippen LogP contribution in [-0.2, 0) is 7.05 Å². The van der Waals surface area contributed by atoms with Crippen molar-refractivity contribution < 1.29 is 0 Å². The Labute approximate surface area is 122 Å². The minimum absolute atomic E-state index is 0.273. The monoisotopic (exact) mass is 273 g/mol. The number of nitrogens with one attached hydrogen (secondary N) is 1. The first-order chi connectivity index (χ1) is 9.49. The van der Waals surface area contributed by atoms with E-state index in [1.54, 1.807) is 0 Å². The molecule has 3 heteroatoms. The Morgan fingerprint density at radius 3 is 2.45 bits per heavy atom. The molecule has 1 heterocycles. The van der Waals surface area contributed by atoms with E-state index in [1.807, 2.05) is 6.07 Å². The molecule has 0 spiro atoms. The summed E-state index contributed by atoms with van der Waals surface area (Å²) in [6, 6.07) is 9.11. The van der Waals surface area contributed by atoms with Crippen LogP contribution in [0.4, 0.5) is 0 Å². The summed E-state index contributed by atoms with van der Waals surface area (Å²) in [5.74, 6) is 1.88. The molecule has 2 aromatic rings. The third-order valence-corrected chi connectivity index (χ3v) is 3.92. The lowest BCUT2D eigenvalue weighted by Crippen LogP contribution is -2.30. The zero-order valence-corrected chi connectivity index (χ0v) is 13.4. The van der Waals surface area contributed by atoms with Gasteiger partial charge in [0.2, 0.25) is 0 Å². The van der Waals surface area contributed by atoms with Crippen molar-refractivity contribution in [1.29, 1.82) is 0 Å². The number of imidazole rings is 1. The van der Waals surface area contributed by atoms with Crippen molar-refractivity contribution in [3.8, 4) is 0 Å². The van der Waals surface area contributed by atoms with E-state index >= 15 is 0 Å². The summed E-state index contributed by atoms with van der Waals surface area (Å²) in [6.07, 6.45) is 2.48. The fourth-order valence-corrected chi connectivity index (χ4v) is 2.72. The zero-order valence-electron chi connectivity index (χ0n) is 13.4. The highest BCUT2D eigenvalue weighted by atomic mass is 15.1. The van der Waals surface area contributed by atoms with E-state index in [0.29, 0.717) is 6.04 Å². The second-order valence-electron chi connectivity index (χ2n) is 6.28. The van der Waals surface area contributed by atoms with E-state index in [9.17, 15) is 0 Å². The van der Waals surface area contributed by atoms with Gasteiger partial charge in [0.1, 0.15) is 5.82 Å². The molecule has 20 heavy (non-hydrogen) atoms. The Balaban J connectivity index is 2.07. The summed E-state index contributed by atoms with van der Waals surface area (Å²) in [5, 5.41) is 3.67.